The summed E-state index contributed by atoms with van der Waals surface area (Å²) < 4.78 is 0. The topological polar surface area (TPSA) is 3.24 Å². The van der Waals surface area contributed by atoms with Gasteiger partial charge in [0.15, 0.2) is 0 Å². The lowest BCUT2D eigenvalue weighted by molar-refractivity contribution is 0.0382. The molecule has 2 aliphatic rings. The molecular weight excluding hydrogens is 350 g/mol. The third-order valence-electron chi connectivity index (χ3n) is 7.87. The number of rotatable bonds is 13. The fraction of sp³-hybridized carbons (Fsp3) is 0.929. The van der Waals surface area contributed by atoms with Crippen molar-refractivity contribution in [3.8, 4) is 0 Å². The van der Waals surface area contributed by atoms with E-state index in [0.29, 0.717) is 0 Å². The summed E-state index contributed by atoms with van der Waals surface area (Å²) in [5, 5.41) is 0. The van der Waals surface area contributed by atoms with Crippen molar-refractivity contribution in [2.24, 2.45) is 11.8 Å². The van der Waals surface area contributed by atoms with Crippen LogP contribution in [0.1, 0.15) is 137 Å². The fourth-order valence-electron chi connectivity index (χ4n) is 6.17. The maximum Gasteiger partial charge on any atom is 0.0101 e. The molecule has 0 aromatic carbocycles. The van der Waals surface area contributed by atoms with Crippen LogP contribution in [0.25, 0.3) is 0 Å². The first-order valence-electron chi connectivity index (χ1n) is 13.6. The van der Waals surface area contributed by atoms with E-state index in [2.05, 4.69) is 44.7 Å². The zero-order valence-corrected chi connectivity index (χ0v) is 20.5. The Morgan fingerprint density at radius 2 is 1.31 bits per heavy atom. The Morgan fingerprint density at radius 3 is 1.86 bits per heavy atom. The van der Waals surface area contributed by atoms with E-state index in [-0.39, 0.29) is 0 Å². The molecule has 0 N–H and O–H groups in total. The molecule has 2 unspecified atom stereocenters. The molecule has 0 heterocycles. The average Bonchev–Trinajstić information content (AvgIpc) is 2.76. The maximum atomic E-state index is 3.07. The summed E-state index contributed by atoms with van der Waals surface area (Å²) in [5.74, 6) is 1.63. The normalized spacial score (nSPS) is 22.0. The van der Waals surface area contributed by atoms with Gasteiger partial charge in [0.2, 0.25) is 0 Å². The van der Waals surface area contributed by atoms with Crippen LogP contribution in [0.5, 0.6) is 0 Å². The summed E-state index contributed by atoms with van der Waals surface area (Å²) in [6.45, 7) is 9.70. The van der Waals surface area contributed by atoms with Crippen LogP contribution in [0.2, 0.25) is 0 Å². The Kier molecular flexibility index (Phi) is 12.6. The Bertz CT molecular complexity index is 410. The molecule has 0 bridgehead atoms. The molecule has 1 nitrogen and oxygen atoms in total. The lowest BCUT2D eigenvalue weighted by Crippen LogP contribution is -2.50. The number of hydrogen-bond donors (Lipinski definition) is 0. The minimum Gasteiger partial charge on any atom is -0.295 e. The van der Waals surface area contributed by atoms with Crippen molar-refractivity contribution in [3.63, 3.8) is 0 Å². The molecule has 0 aliphatic heterocycles. The largest absolute Gasteiger partial charge is 0.295 e. The van der Waals surface area contributed by atoms with Crippen molar-refractivity contribution >= 4 is 0 Å². The summed E-state index contributed by atoms with van der Waals surface area (Å²) in [5.41, 5.74) is 0. The molecular formula is C28H53N. The predicted molar refractivity (Wildman–Crippen MR) is 131 cm³/mol. The smallest absolute Gasteiger partial charge is 0.0101 e. The van der Waals surface area contributed by atoms with E-state index < -0.39 is 0 Å². The highest BCUT2D eigenvalue weighted by Crippen LogP contribution is 2.32. The van der Waals surface area contributed by atoms with Crippen LogP contribution in [0.4, 0.5) is 0 Å². The van der Waals surface area contributed by atoms with Crippen molar-refractivity contribution in [1.82, 2.24) is 4.90 Å². The van der Waals surface area contributed by atoms with E-state index in [1.165, 1.54) is 109 Å². The molecule has 0 spiro atoms. The summed E-state index contributed by atoms with van der Waals surface area (Å²) in [6, 6.07) is 2.49. The van der Waals surface area contributed by atoms with Crippen molar-refractivity contribution in [1.29, 1.82) is 0 Å². The Labute approximate surface area is 184 Å². The molecule has 2 rings (SSSR count). The van der Waals surface area contributed by atoms with E-state index in [0.717, 1.165) is 30.0 Å². The van der Waals surface area contributed by atoms with Crippen LogP contribution >= 0.6 is 0 Å². The molecule has 2 aliphatic carbocycles. The first-order valence-corrected chi connectivity index (χ1v) is 13.6. The van der Waals surface area contributed by atoms with Gasteiger partial charge < -0.3 is 0 Å². The van der Waals surface area contributed by atoms with Crippen LogP contribution in [-0.4, -0.2) is 23.0 Å². The highest BCUT2D eigenvalue weighted by atomic mass is 15.2. The SMILES string of the molecule is CCCC(CCC)N(C(CC)CCC(C)C=CC1CCCCC1)C1CCCCC1. The van der Waals surface area contributed by atoms with Crippen LogP contribution in [0.3, 0.4) is 0 Å². The molecule has 29 heavy (non-hydrogen) atoms. The van der Waals surface area contributed by atoms with Gasteiger partial charge in [-0.2, -0.15) is 0 Å². The molecule has 2 saturated carbocycles. The zero-order chi connectivity index (χ0) is 20.9. The number of hydrogen-bond acceptors (Lipinski definition) is 1. The Morgan fingerprint density at radius 1 is 0.724 bits per heavy atom. The van der Waals surface area contributed by atoms with E-state index in [9.17, 15) is 0 Å². The predicted octanol–water partition coefficient (Wildman–Crippen LogP) is 8.92. The number of allylic oxidation sites excluding steroid dienone is 2. The van der Waals surface area contributed by atoms with E-state index in [4.69, 9.17) is 0 Å². The summed E-state index contributed by atoms with van der Waals surface area (Å²) in [7, 11) is 0. The van der Waals surface area contributed by atoms with Crippen molar-refractivity contribution in [3.05, 3.63) is 12.2 Å². The molecule has 0 amide bonds. The van der Waals surface area contributed by atoms with Gasteiger partial charge in [-0.3, -0.25) is 4.90 Å². The molecule has 170 valence electrons. The van der Waals surface area contributed by atoms with Crippen molar-refractivity contribution in [2.45, 2.75) is 155 Å². The fourth-order valence-corrected chi connectivity index (χ4v) is 6.17. The zero-order valence-electron chi connectivity index (χ0n) is 20.5. The standard InChI is InChI=1S/C28H53N/c1-5-14-27(15-6-2)29(28-18-12-9-13-19-28)26(7-3)23-21-24(4)20-22-25-16-10-8-11-17-25/h20,22,24-28H,5-19,21,23H2,1-4H3. The van der Waals surface area contributed by atoms with E-state index in [1.807, 2.05) is 0 Å². The molecule has 0 aromatic heterocycles. The van der Waals surface area contributed by atoms with Crippen molar-refractivity contribution < 1.29 is 0 Å². The molecule has 1 heteroatoms. The minimum absolute atomic E-state index is 0.745. The van der Waals surface area contributed by atoms with Gasteiger partial charge in [-0.1, -0.05) is 91.2 Å². The molecule has 2 atom stereocenters. The highest BCUT2D eigenvalue weighted by molar-refractivity contribution is 4.94. The lowest BCUT2D eigenvalue weighted by atomic mass is 9.86. The van der Waals surface area contributed by atoms with Gasteiger partial charge in [0.05, 0.1) is 0 Å². The summed E-state index contributed by atoms with van der Waals surface area (Å²) >= 11 is 0. The van der Waals surface area contributed by atoms with Gasteiger partial charge in [0.1, 0.15) is 0 Å². The first kappa shape index (κ1) is 25.0. The second kappa shape index (κ2) is 14.7. The van der Waals surface area contributed by atoms with E-state index >= 15 is 0 Å². The highest BCUT2D eigenvalue weighted by Gasteiger charge is 2.31. The van der Waals surface area contributed by atoms with Crippen LogP contribution in [-0.2, 0) is 0 Å². The maximum absolute atomic E-state index is 3.07. The molecule has 0 saturated heterocycles. The molecule has 0 aromatic rings. The second-order valence-corrected chi connectivity index (χ2v) is 10.4. The van der Waals surface area contributed by atoms with Crippen LogP contribution in [0.15, 0.2) is 12.2 Å². The monoisotopic (exact) mass is 403 g/mol. The van der Waals surface area contributed by atoms with Gasteiger partial charge in [-0.25, -0.2) is 0 Å². The summed E-state index contributed by atoms with van der Waals surface area (Å²) in [4.78, 5) is 3.07. The third-order valence-corrected chi connectivity index (χ3v) is 7.87. The third kappa shape index (κ3) is 8.76. The van der Waals surface area contributed by atoms with Gasteiger partial charge >= 0.3 is 0 Å². The van der Waals surface area contributed by atoms with Gasteiger partial charge in [0, 0.05) is 18.1 Å². The van der Waals surface area contributed by atoms with Crippen molar-refractivity contribution in [2.75, 3.05) is 0 Å². The van der Waals surface area contributed by atoms with Gasteiger partial charge in [0.25, 0.3) is 0 Å². The lowest BCUT2D eigenvalue weighted by Gasteiger charge is -2.45. The second-order valence-electron chi connectivity index (χ2n) is 10.4. The van der Waals surface area contributed by atoms with Gasteiger partial charge in [-0.15, -0.1) is 0 Å². The number of nitrogens with zero attached hydrogens (tertiary/aromatic N) is 1. The van der Waals surface area contributed by atoms with Gasteiger partial charge in [-0.05, 0) is 69.6 Å². The summed E-state index contributed by atoms with van der Waals surface area (Å²) in [6.07, 6.45) is 29.3. The molecule has 2 fully saturated rings. The Hall–Kier alpha value is -0.300. The quantitative estimate of drug-likeness (QED) is 0.277. The Balaban J connectivity index is 1.96. The minimum atomic E-state index is 0.745. The first-order chi connectivity index (χ1) is 14.2. The average molecular weight is 404 g/mol. The van der Waals surface area contributed by atoms with Crippen LogP contribution < -0.4 is 0 Å². The van der Waals surface area contributed by atoms with E-state index in [1.54, 1.807) is 0 Å². The van der Waals surface area contributed by atoms with Crippen LogP contribution in [0, 0.1) is 11.8 Å². The molecule has 0 radical (unpaired) electrons.